The molecule has 1 aromatic rings. The van der Waals surface area contributed by atoms with Gasteiger partial charge in [-0.3, -0.25) is 0 Å². The third-order valence-electron chi connectivity index (χ3n) is 4.16. The van der Waals surface area contributed by atoms with Crippen LogP contribution in [-0.4, -0.2) is 14.7 Å². The Kier molecular flexibility index (Phi) is 4.31. The van der Waals surface area contributed by atoms with E-state index in [1.165, 1.54) is 19.1 Å². The summed E-state index contributed by atoms with van der Waals surface area (Å²) in [4.78, 5) is 0.365. The van der Waals surface area contributed by atoms with Crippen molar-refractivity contribution in [3.8, 4) is 0 Å². The van der Waals surface area contributed by atoms with Crippen molar-refractivity contribution in [1.29, 1.82) is 0 Å². The van der Waals surface area contributed by atoms with E-state index in [1.54, 1.807) is 18.2 Å². The van der Waals surface area contributed by atoms with E-state index in [1.807, 2.05) is 6.07 Å². The summed E-state index contributed by atoms with van der Waals surface area (Å²) >= 11 is 0. The molecule has 1 aromatic carbocycles. The van der Waals surface area contributed by atoms with Gasteiger partial charge in [-0.2, -0.15) is 0 Å². The predicted molar refractivity (Wildman–Crippen MR) is 77.6 cm³/mol. The summed E-state index contributed by atoms with van der Waals surface area (Å²) in [5.74, 6) is 1.20. The summed E-state index contributed by atoms with van der Waals surface area (Å²) in [5, 5.41) is 0. The monoisotopic (exact) mass is 281 g/mol. The first-order chi connectivity index (χ1) is 8.88. The van der Waals surface area contributed by atoms with Crippen molar-refractivity contribution >= 4 is 9.84 Å². The predicted octanol–water partition coefficient (Wildman–Crippen LogP) is 2.92. The number of benzene rings is 1. The minimum Gasteiger partial charge on any atom is -0.324 e. The summed E-state index contributed by atoms with van der Waals surface area (Å²) in [5.41, 5.74) is 7.30. The standard InChI is InChI=1S/C15H23NO2S/c1-11-5-3-6-12(9-11)15(16)13-7-4-8-14(10-13)19(2,17)18/h4,7-8,10-12,15H,3,5-6,9,16H2,1-2H3. The van der Waals surface area contributed by atoms with Crippen LogP contribution < -0.4 is 5.73 Å². The van der Waals surface area contributed by atoms with E-state index in [0.717, 1.165) is 24.3 Å². The Morgan fingerprint density at radius 3 is 2.68 bits per heavy atom. The maximum atomic E-state index is 11.6. The van der Waals surface area contributed by atoms with Gasteiger partial charge in [0.05, 0.1) is 4.90 Å². The van der Waals surface area contributed by atoms with Crippen LogP contribution in [0, 0.1) is 11.8 Å². The Bertz CT molecular complexity index is 539. The molecule has 0 radical (unpaired) electrons. The minimum absolute atomic E-state index is 0.0514. The molecule has 0 aliphatic heterocycles. The average Bonchev–Trinajstić information content (AvgIpc) is 2.37. The van der Waals surface area contributed by atoms with E-state index in [-0.39, 0.29) is 6.04 Å². The second-order valence-corrected chi connectivity index (χ2v) is 7.92. The molecular weight excluding hydrogens is 258 g/mol. The Hall–Kier alpha value is -0.870. The Balaban J connectivity index is 2.21. The van der Waals surface area contributed by atoms with Crippen molar-refractivity contribution < 1.29 is 8.42 Å². The Morgan fingerprint density at radius 2 is 2.05 bits per heavy atom. The van der Waals surface area contributed by atoms with Crippen LogP contribution in [0.2, 0.25) is 0 Å². The quantitative estimate of drug-likeness (QED) is 0.926. The average molecular weight is 281 g/mol. The van der Waals surface area contributed by atoms with Gasteiger partial charge >= 0.3 is 0 Å². The second-order valence-electron chi connectivity index (χ2n) is 5.90. The van der Waals surface area contributed by atoms with E-state index in [4.69, 9.17) is 5.73 Å². The topological polar surface area (TPSA) is 60.2 Å². The molecule has 19 heavy (non-hydrogen) atoms. The van der Waals surface area contributed by atoms with Gasteiger partial charge in [-0.25, -0.2) is 8.42 Å². The summed E-state index contributed by atoms with van der Waals surface area (Å²) in [6.07, 6.45) is 6.04. The van der Waals surface area contributed by atoms with Crippen LogP contribution in [0.4, 0.5) is 0 Å². The van der Waals surface area contributed by atoms with E-state index >= 15 is 0 Å². The maximum Gasteiger partial charge on any atom is 0.175 e. The lowest BCUT2D eigenvalue weighted by atomic mass is 9.77. The van der Waals surface area contributed by atoms with Crippen LogP contribution in [0.3, 0.4) is 0 Å². The number of hydrogen-bond acceptors (Lipinski definition) is 3. The molecule has 0 amide bonds. The molecule has 3 atom stereocenters. The second kappa shape index (κ2) is 5.63. The third kappa shape index (κ3) is 3.57. The first-order valence-electron chi connectivity index (χ1n) is 6.93. The molecule has 0 aromatic heterocycles. The van der Waals surface area contributed by atoms with Gasteiger partial charge in [-0.1, -0.05) is 31.9 Å². The first kappa shape index (κ1) is 14.5. The molecule has 106 valence electrons. The molecular formula is C15H23NO2S. The van der Waals surface area contributed by atoms with Crippen LogP contribution in [0.15, 0.2) is 29.2 Å². The van der Waals surface area contributed by atoms with Gasteiger partial charge < -0.3 is 5.73 Å². The van der Waals surface area contributed by atoms with E-state index < -0.39 is 9.84 Å². The molecule has 1 saturated carbocycles. The van der Waals surface area contributed by atoms with Crippen LogP contribution in [-0.2, 0) is 9.84 Å². The molecule has 4 heteroatoms. The molecule has 1 aliphatic rings. The van der Waals surface area contributed by atoms with Gasteiger partial charge in [-0.15, -0.1) is 0 Å². The molecule has 0 heterocycles. The number of hydrogen-bond donors (Lipinski definition) is 1. The highest BCUT2D eigenvalue weighted by molar-refractivity contribution is 7.90. The zero-order chi connectivity index (χ0) is 14.0. The minimum atomic E-state index is -3.16. The van der Waals surface area contributed by atoms with Crippen LogP contribution in [0.5, 0.6) is 0 Å². The van der Waals surface area contributed by atoms with Crippen LogP contribution in [0.1, 0.15) is 44.2 Å². The van der Waals surface area contributed by atoms with E-state index in [9.17, 15) is 8.42 Å². The largest absolute Gasteiger partial charge is 0.324 e. The van der Waals surface area contributed by atoms with E-state index in [2.05, 4.69) is 6.92 Å². The molecule has 0 saturated heterocycles. The first-order valence-corrected chi connectivity index (χ1v) is 8.82. The van der Waals surface area contributed by atoms with Gasteiger partial charge in [0.15, 0.2) is 9.84 Å². The highest BCUT2D eigenvalue weighted by Gasteiger charge is 2.25. The number of nitrogens with two attached hydrogens (primary N) is 1. The smallest absolute Gasteiger partial charge is 0.175 e. The lowest BCUT2D eigenvalue weighted by Crippen LogP contribution is -2.26. The summed E-state index contributed by atoms with van der Waals surface area (Å²) < 4.78 is 23.2. The zero-order valence-electron chi connectivity index (χ0n) is 11.7. The molecule has 3 unspecified atom stereocenters. The third-order valence-corrected chi connectivity index (χ3v) is 5.27. The van der Waals surface area contributed by atoms with Gasteiger partial charge in [0.25, 0.3) is 0 Å². The molecule has 1 fully saturated rings. The lowest BCUT2D eigenvalue weighted by molar-refractivity contribution is 0.248. The molecule has 1 aliphatic carbocycles. The summed E-state index contributed by atoms with van der Waals surface area (Å²) in [6, 6.07) is 7.05. The van der Waals surface area contributed by atoms with Crippen molar-refractivity contribution in [2.45, 2.75) is 43.5 Å². The fraction of sp³-hybridized carbons (Fsp3) is 0.600. The van der Waals surface area contributed by atoms with Crippen molar-refractivity contribution in [1.82, 2.24) is 0 Å². The zero-order valence-corrected chi connectivity index (χ0v) is 12.5. The highest BCUT2D eigenvalue weighted by Crippen LogP contribution is 2.36. The maximum absolute atomic E-state index is 11.6. The van der Waals surface area contributed by atoms with Crippen molar-refractivity contribution in [3.05, 3.63) is 29.8 Å². The molecule has 0 bridgehead atoms. The number of rotatable bonds is 3. The van der Waals surface area contributed by atoms with Crippen molar-refractivity contribution in [3.63, 3.8) is 0 Å². The SMILES string of the molecule is CC1CCCC(C(N)c2cccc(S(C)(=O)=O)c2)C1. The normalized spacial score (nSPS) is 26.1. The Morgan fingerprint density at radius 1 is 1.32 bits per heavy atom. The van der Waals surface area contributed by atoms with Crippen molar-refractivity contribution in [2.24, 2.45) is 17.6 Å². The summed E-state index contributed by atoms with van der Waals surface area (Å²) in [7, 11) is -3.16. The summed E-state index contributed by atoms with van der Waals surface area (Å²) in [6.45, 7) is 2.27. The van der Waals surface area contributed by atoms with Gasteiger partial charge in [0.1, 0.15) is 0 Å². The molecule has 0 spiro atoms. The lowest BCUT2D eigenvalue weighted by Gasteiger charge is -2.31. The molecule has 2 N–H and O–H groups in total. The van der Waals surface area contributed by atoms with Crippen LogP contribution >= 0.6 is 0 Å². The fourth-order valence-electron chi connectivity index (χ4n) is 3.03. The number of sulfone groups is 1. The van der Waals surface area contributed by atoms with Gasteiger partial charge in [-0.05, 0) is 42.4 Å². The Labute approximate surface area is 116 Å². The molecule has 3 nitrogen and oxygen atoms in total. The van der Waals surface area contributed by atoms with Gasteiger partial charge in [0, 0.05) is 12.3 Å². The fourth-order valence-corrected chi connectivity index (χ4v) is 3.71. The van der Waals surface area contributed by atoms with E-state index in [0.29, 0.717) is 10.8 Å². The molecule has 2 rings (SSSR count). The van der Waals surface area contributed by atoms with Crippen molar-refractivity contribution in [2.75, 3.05) is 6.26 Å². The van der Waals surface area contributed by atoms with Crippen LogP contribution in [0.25, 0.3) is 0 Å². The van der Waals surface area contributed by atoms with Gasteiger partial charge in [0.2, 0.25) is 0 Å². The highest BCUT2D eigenvalue weighted by atomic mass is 32.2.